The Hall–Kier alpha value is -1.90. The molecule has 5 heteroatoms. The maximum absolute atomic E-state index is 13.5. The minimum atomic E-state index is -0.471. The van der Waals surface area contributed by atoms with Crippen LogP contribution in [0.4, 0.5) is 4.39 Å². The maximum Gasteiger partial charge on any atom is 0.255 e. The summed E-state index contributed by atoms with van der Waals surface area (Å²) in [5.41, 5.74) is 6.06. The number of carbonyl (C=O) groups is 1. The van der Waals surface area contributed by atoms with Gasteiger partial charge in [-0.15, -0.1) is 0 Å². The van der Waals surface area contributed by atoms with Gasteiger partial charge in [0, 0.05) is 18.7 Å². The number of halogens is 1. The zero-order chi connectivity index (χ0) is 15.4. The van der Waals surface area contributed by atoms with E-state index in [2.05, 4.69) is 11.8 Å². The number of amides is 1. The maximum atomic E-state index is 13.5. The SMILES string of the molecule is CC1CN(C(=O)c2cc(F)ccc2C#CCN)CCC1O. The molecule has 1 heterocycles. The number of hydrogen-bond donors (Lipinski definition) is 2. The van der Waals surface area contributed by atoms with E-state index in [1.807, 2.05) is 6.92 Å². The second kappa shape index (κ2) is 6.70. The lowest BCUT2D eigenvalue weighted by molar-refractivity contribution is 0.0297. The van der Waals surface area contributed by atoms with Gasteiger partial charge >= 0.3 is 0 Å². The fourth-order valence-electron chi connectivity index (χ4n) is 2.44. The van der Waals surface area contributed by atoms with Gasteiger partial charge in [0.25, 0.3) is 5.91 Å². The minimum Gasteiger partial charge on any atom is -0.393 e. The molecule has 2 atom stereocenters. The predicted octanol–water partition coefficient (Wildman–Crippen LogP) is 0.979. The normalized spacial score (nSPS) is 21.6. The van der Waals surface area contributed by atoms with Crippen molar-refractivity contribution in [3.63, 3.8) is 0 Å². The number of aliphatic hydroxyl groups is 1. The van der Waals surface area contributed by atoms with Gasteiger partial charge in [0.2, 0.25) is 0 Å². The van der Waals surface area contributed by atoms with Crippen LogP contribution in [0, 0.1) is 23.6 Å². The largest absolute Gasteiger partial charge is 0.393 e. The number of carbonyl (C=O) groups excluding carboxylic acids is 1. The molecule has 1 aromatic rings. The van der Waals surface area contributed by atoms with Gasteiger partial charge in [-0.05, 0) is 30.5 Å². The summed E-state index contributed by atoms with van der Waals surface area (Å²) in [7, 11) is 0. The van der Waals surface area contributed by atoms with Gasteiger partial charge < -0.3 is 15.7 Å². The third-order valence-corrected chi connectivity index (χ3v) is 3.68. The van der Waals surface area contributed by atoms with Crippen LogP contribution in [0.25, 0.3) is 0 Å². The number of nitrogens with zero attached hydrogens (tertiary/aromatic N) is 1. The molecule has 1 aromatic carbocycles. The van der Waals surface area contributed by atoms with E-state index in [0.29, 0.717) is 25.1 Å². The van der Waals surface area contributed by atoms with Crippen molar-refractivity contribution >= 4 is 5.91 Å². The number of aliphatic hydroxyl groups excluding tert-OH is 1. The highest BCUT2D eigenvalue weighted by Gasteiger charge is 2.28. The van der Waals surface area contributed by atoms with Crippen molar-refractivity contribution in [1.29, 1.82) is 0 Å². The number of piperidine rings is 1. The van der Waals surface area contributed by atoms with E-state index in [-0.39, 0.29) is 23.9 Å². The number of benzene rings is 1. The molecule has 0 saturated carbocycles. The Morgan fingerprint density at radius 1 is 1.57 bits per heavy atom. The highest BCUT2D eigenvalue weighted by Crippen LogP contribution is 2.20. The standard InChI is InChI=1S/C16H19FN2O2/c1-11-10-19(8-6-15(11)20)16(21)14-9-13(17)5-4-12(14)3-2-7-18/h4-5,9,11,15,20H,6-8,10,18H2,1H3. The molecule has 0 spiro atoms. The topological polar surface area (TPSA) is 66.6 Å². The second-order valence-corrected chi connectivity index (χ2v) is 5.28. The van der Waals surface area contributed by atoms with Crippen molar-refractivity contribution in [2.45, 2.75) is 19.4 Å². The summed E-state index contributed by atoms with van der Waals surface area (Å²) in [6, 6.07) is 3.98. The molecule has 3 N–H and O–H groups in total. The molecule has 2 rings (SSSR count). The first-order valence-electron chi connectivity index (χ1n) is 6.98. The van der Waals surface area contributed by atoms with Gasteiger partial charge in [-0.25, -0.2) is 4.39 Å². The third kappa shape index (κ3) is 3.60. The average molecular weight is 290 g/mol. The third-order valence-electron chi connectivity index (χ3n) is 3.68. The van der Waals surface area contributed by atoms with Crippen LogP contribution in [0.3, 0.4) is 0 Å². The van der Waals surface area contributed by atoms with E-state index < -0.39 is 11.9 Å². The molecule has 1 saturated heterocycles. The van der Waals surface area contributed by atoms with E-state index in [1.165, 1.54) is 18.2 Å². The Kier molecular flexibility index (Phi) is 4.94. The van der Waals surface area contributed by atoms with E-state index in [9.17, 15) is 14.3 Å². The van der Waals surface area contributed by atoms with Crippen LogP contribution in [-0.4, -0.2) is 41.7 Å². The smallest absolute Gasteiger partial charge is 0.255 e. The van der Waals surface area contributed by atoms with Crippen molar-refractivity contribution in [3.8, 4) is 11.8 Å². The molecular weight excluding hydrogens is 271 g/mol. The fraction of sp³-hybridized carbons (Fsp3) is 0.438. The molecule has 0 aromatic heterocycles. The van der Waals surface area contributed by atoms with Crippen molar-refractivity contribution < 1.29 is 14.3 Å². The lowest BCUT2D eigenvalue weighted by Gasteiger charge is -2.34. The van der Waals surface area contributed by atoms with E-state index in [4.69, 9.17) is 5.73 Å². The van der Waals surface area contributed by atoms with Crippen LogP contribution in [0.5, 0.6) is 0 Å². The molecule has 0 radical (unpaired) electrons. The fourth-order valence-corrected chi connectivity index (χ4v) is 2.44. The average Bonchev–Trinajstić information content (AvgIpc) is 2.48. The number of hydrogen-bond acceptors (Lipinski definition) is 3. The number of rotatable bonds is 1. The predicted molar refractivity (Wildman–Crippen MR) is 78.0 cm³/mol. The molecule has 2 unspecified atom stereocenters. The van der Waals surface area contributed by atoms with Crippen molar-refractivity contribution in [2.24, 2.45) is 11.7 Å². The quantitative estimate of drug-likeness (QED) is 0.758. The van der Waals surface area contributed by atoms with E-state index in [1.54, 1.807) is 4.90 Å². The Bertz CT molecular complexity index is 592. The Balaban J connectivity index is 2.28. The monoisotopic (exact) mass is 290 g/mol. The molecule has 112 valence electrons. The Morgan fingerprint density at radius 2 is 2.33 bits per heavy atom. The van der Waals surface area contributed by atoms with Gasteiger partial charge in [0.1, 0.15) is 5.82 Å². The summed E-state index contributed by atoms with van der Waals surface area (Å²) in [6.07, 6.45) is 0.143. The van der Waals surface area contributed by atoms with E-state index >= 15 is 0 Å². The first kappa shape index (κ1) is 15.5. The molecule has 0 bridgehead atoms. The van der Waals surface area contributed by atoms with Crippen LogP contribution in [0.15, 0.2) is 18.2 Å². The lowest BCUT2D eigenvalue weighted by Crippen LogP contribution is -2.45. The summed E-state index contributed by atoms with van der Waals surface area (Å²) in [5.74, 6) is 4.77. The minimum absolute atomic E-state index is 0.00911. The summed E-state index contributed by atoms with van der Waals surface area (Å²) in [5, 5.41) is 9.73. The molecule has 4 nitrogen and oxygen atoms in total. The van der Waals surface area contributed by atoms with Gasteiger partial charge in [-0.3, -0.25) is 4.79 Å². The Morgan fingerprint density at radius 3 is 3.00 bits per heavy atom. The Labute approximate surface area is 123 Å². The highest BCUT2D eigenvalue weighted by molar-refractivity contribution is 5.96. The van der Waals surface area contributed by atoms with Crippen molar-refractivity contribution in [3.05, 3.63) is 35.1 Å². The van der Waals surface area contributed by atoms with Gasteiger partial charge in [0.05, 0.1) is 18.2 Å². The first-order valence-corrected chi connectivity index (χ1v) is 6.98. The van der Waals surface area contributed by atoms with Gasteiger partial charge in [0.15, 0.2) is 0 Å². The molecule has 1 amide bonds. The molecular formula is C16H19FN2O2. The van der Waals surface area contributed by atoms with Gasteiger partial charge in [-0.1, -0.05) is 18.8 Å². The van der Waals surface area contributed by atoms with Crippen LogP contribution in [-0.2, 0) is 0 Å². The summed E-state index contributed by atoms with van der Waals surface area (Å²) < 4.78 is 13.5. The van der Waals surface area contributed by atoms with Crippen molar-refractivity contribution in [1.82, 2.24) is 4.90 Å². The summed E-state index contributed by atoms with van der Waals surface area (Å²) in [6.45, 7) is 2.99. The van der Waals surface area contributed by atoms with Crippen LogP contribution >= 0.6 is 0 Å². The second-order valence-electron chi connectivity index (χ2n) is 5.28. The van der Waals surface area contributed by atoms with Crippen LogP contribution in [0.1, 0.15) is 29.3 Å². The molecule has 1 aliphatic heterocycles. The van der Waals surface area contributed by atoms with E-state index in [0.717, 1.165) is 0 Å². The summed E-state index contributed by atoms with van der Waals surface area (Å²) >= 11 is 0. The molecule has 1 fully saturated rings. The number of nitrogens with two attached hydrogens (primary N) is 1. The zero-order valence-corrected chi connectivity index (χ0v) is 12.0. The molecule has 0 aliphatic carbocycles. The van der Waals surface area contributed by atoms with Crippen LogP contribution < -0.4 is 5.73 Å². The van der Waals surface area contributed by atoms with Gasteiger partial charge in [-0.2, -0.15) is 0 Å². The zero-order valence-electron chi connectivity index (χ0n) is 12.0. The summed E-state index contributed by atoms with van der Waals surface area (Å²) in [4.78, 5) is 14.2. The van der Waals surface area contributed by atoms with Crippen molar-refractivity contribution in [2.75, 3.05) is 19.6 Å². The molecule has 21 heavy (non-hydrogen) atoms. The molecule has 1 aliphatic rings. The van der Waals surface area contributed by atoms with Crippen LogP contribution in [0.2, 0.25) is 0 Å². The first-order chi connectivity index (χ1) is 10.0. The highest BCUT2D eigenvalue weighted by atomic mass is 19.1. The lowest BCUT2D eigenvalue weighted by atomic mass is 9.95. The number of likely N-dealkylation sites (tertiary alicyclic amines) is 1.